The number of carbonyl (C=O) groups is 1. The molecule has 3 aromatic rings. The highest BCUT2D eigenvalue weighted by atomic mass is 16.5. The second-order valence-electron chi connectivity index (χ2n) is 5.13. The molecule has 122 valence electrons. The number of anilines is 1. The largest absolute Gasteiger partial charge is 0.493 e. The number of para-hydroxylation sites is 2. The van der Waals surface area contributed by atoms with Crippen molar-refractivity contribution in [3.8, 4) is 17.2 Å². The highest BCUT2D eigenvalue weighted by molar-refractivity contribution is 6.05. The molecule has 5 heteroatoms. The van der Waals surface area contributed by atoms with Crippen LogP contribution in [0.15, 0.2) is 67.0 Å². The number of amides is 1. The van der Waals surface area contributed by atoms with Crippen LogP contribution in [-0.4, -0.2) is 24.7 Å². The van der Waals surface area contributed by atoms with Crippen molar-refractivity contribution < 1.29 is 14.3 Å². The van der Waals surface area contributed by atoms with Crippen molar-refractivity contribution >= 4 is 11.6 Å². The van der Waals surface area contributed by atoms with Crippen LogP contribution in [-0.2, 0) is 0 Å². The Kier molecular flexibility index (Phi) is 4.52. The number of hydrogen-bond acceptors (Lipinski definition) is 3. The lowest BCUT2D eigenvalue weighted by atomic mass is 10.1. The lowest BCUT2D eigenvalue weighted by molar-refractivity contribution is 0.102. The molecule has 0 aliphatic carbocycles. The van der Waals surface area contributed by atoms with Crippen LogP contribution in [0.3, 0.4) is 0 Å². The molecule has 0 aliphatic heterocycles. The van der Waals surface area contributed by atoms with E-state index in [0.29, 0.717) is 17.1 Å². The third-order valence-electron chi connectivity index (χ3n) is 3.68. The summed E-state index contributed by atoms with van der Waals surface area (Å²) in [5.74, 6) is 0.890. The van der Waals surface area contributed by atoms with Gasteiger partial charge in [-0.15, -0.1) is 0 Å². The van der Waals surface area contributed by atoms with Crippen LogP contribution in [0.1, 0.15) is 10.4 Å². The Hall–Kier alpha value is -3.21. The van der Waals surface area contributed by atoms with Gasteiger partial charge in [0, 0.05) is 18.0 Å². The van der Waals surface area contributed by atoms with Crippen LogP contribution in [0.2, 0.25) is 0 Å². The number of nitrogens with zero attached hydrogens (tertiary/aromatic N) is 1. The summed E-state index contributed by atoms with van der Waals surface area (Å²) in [5.41, 5.74) is 2.12. The van der Waals surface area contributed by atoms with Gasteiger partial charge in [0.1, 0.15) is 0 Å². The van der Waals surface area contributed by atoms with Crippen LogP contribution in [0.5, 0.6) is 11.5 Å². The molecule has 0 spiro atoms. The molecule has 2 aromatic carbocycles. The Morgan fingerprint density at radius 2 is 1.62 bits per heavy atom. The molecule has 1 amide bonds. The van der Waals surface area contributed by atoms with Crippen LogP contribution >= 0.6 is 0 Å². The van der Waals surface area contributed by atoms with Gasteiger partial charge < -0.3 is 19.4 Å². The molecule has 0 fully saturated rings. The number of carbonyl (C=O) groups excluding carboxylic acids is 1. The Balaban J connectivity index is 1.88. The fraction of sp³-hybridized carbons (Fsp3) is 0.105. The minimum Gasteiger partial charge on any atom is -0.493 e. The standard InChI is InChI=1S/C19H18N2O3/c1-23-17-10-9-14(13-18(17)24-2)19(22)20-15-7-3-4-8-16(15)21-11-5-6-12-21/h3-13H,1-2H3,(H,20,22). The molecule has 1 aromatic heterocycles. The molecule has 24 heavy (non-hydrogen) atoms. The Morgan fingerprint density at radius 3 is 2.33 bits per heavy atom. The van der Waals surface area contributed by atoms with Crippen molar-refractivity contribution in [3.05, 3.63) is 72.6 Å². The van der Waals surface area contributed by atoms with E-state index in [1.807, 2.05) is 53.4 Å². The van der Waals surface area contributed by atoms with Crippen LogP contribution in [0.4, 0.5) is 5.69 Å². The maximum atomic E-state index is 12.6. The van der Waals surface area contributed by atoms with Crippen molar-refractivity contribution in [2.45, 2.75) is 0 Å². The summed E-state index contributed by atoms with van der Waals surface area (Å²) in [6.45, 7) is 0. The molecule has 1 N–H and O–H groups in total. The van der Waals surface area contributed by atoms with E-state index in [4.69, 9.17) is 9.47 Å². The average Bonchev–Trinajstić information content (AvgIpc) is 3.16. The van der Waals surface area contributed by atoms with Gasteiger partial charge in [-0.1, -0.05) is 12.1 Å². The number of aromatic nitrogens is 1. The highest BCUT2D eigenvalue weighted by Crippen LogP contribution is 2.28. The van der Waals surface area contributed by atoms with Crippen molar-refractivity contribution in [2.75, 3.05) is 19.5 Å². The summed E-state index contributed by atoms with van der Waals surface area (Å²) in [4.78, 5) is 12.6. The van der Waals surface area contributed by atoms with Crippen LogP contribution < -0.4 is 14.8 Å². The van der Waals surface area contributed by atoms with Gasteiger partial charge in [0.25, 0.3) is 5.91 Å². The normalized spacial score (nSPS) is 10.2. The van der Waals surface area contributed by atoms with Crippen LogP contribution in [0, 0.1) is 0 Å². The molecule has 0 saturated heterocycles. The van der Waals surface area contributed by atoms with Gasteiger partial charge in [-0.2, -0.15) is 0 Å². The number of benzene rings is 2. The first kappa shape index (κ1) is 15.7. The summed E-state index contributed by atoms with van der Waals surface area (Å²) in [6, 6.07) is 16.6. The summed E-state index contributed by atoms with van der Waals surface area (Å²) >= 11 is 0. The molecule has 1 heterocycles. The molecule has 0 unspecified atom stereocenters. The van der Waals surface area contributed by atoms with Crippen molar-refractivity contribution in [1.82, 2.24) is 4.57 Å². The first-order valence-corrected chi connectivity index (χ1v) is 7.48. The first-order chi connectivity index (χ1) is 11.7. The first-order valence-electron chi connectivity index (χ1n) is 7.48. The minimum atomic E-state index is -0.212. The maximum absolute atomic E-state index is 12.6. The fourth-order valence-electron chi connectivity index (χ4n) is 2.47. The van der Waals surface area contributed by atoms with Gasteiger partial charge in [0.15, 0.2) is 11.5 Å². The van der Waals surface area contributed by atoms with Crippen molar-refractivity contribution in [3.63, 3.8) is 0 Å². The average molecular weight is 322 g/mol. The topological polar surface area (TPSA) is 52.5 Å². The quantitative estimate of drug-likeness (QED) is 0.778. The highest BCUT2D eigenvalue weighted by Gasteiger charge is 2.13. The molecule has 3 rings (SSSR count). The molecule has 0 atom stereocenters. The van der Waals surface area contributed by atoms with E-state index in [0.717, 1.165) is 11.4 Å². The maximum Gasteiger partial charge on any atom is 0.255 e. The number of nitrogens with one attached hydrogen (secondary N) is 1. The van der Waals surface area contributed by atoms with Crippen molar-refractivity contribution in [2.24, 2.45) is 0 Å². The van der Waals surface area contributed by atoms with Gasteiger partial charge in [0.2, 0.25) is 0 Å². The SMILES string of the molecule is COc1ccc(C(=O)Nc2ccccc2-n2cccc2)cc1OC. The molecular formula is C19H18N2O3. The van der Waals surface area contributed by atoms with E-state index in [9.17, 15) is 4.79 Å². The number of methoxy groups -OCH3 is 2. The summed E-state index contributed by atoms with van der Waals surface area (Å²) in [5, 5.41) is 2.95. The number of rotatable bonds is 5. The van der Waals surface area contributed by atoms with Crippen LogP contribution in [0.25, 0.3) is 5.69 Å². The Morgan fingerprint density at radius 1 is 0.917 bits per heavy atom. The predicted molar refractivity (Wildman–Crippen MR) is 93.3 cm³/mol. The van der Waals surface area contributed by atoms with E-state index in [1.165, 1.54) is 0 Å². The Labute approximate surface area is 140 Å². The molecular weight excluding hydrogens is 304 g/mol. The molecule has 5 nitrogen and oxygen atoms in total. The Bertz CT molecular complexity index is 842. The van der Waals surface area contributed by atoms with E-state index >= 15 is 0 Å². The van der Waals surface area contributed by atoms with Gasteiger partial charge in [0.05, 0.1) is 25.6 Å². The monoisotopic (exact) mass is 322 g/mol. The van der Waals surface area contributed by atoms with E-state index in [-0.39, 0.29) is 5.91 Å². The molecule has 0 radical (unpaired) electrons. The van der Waals surface area contributed by atoms with E-state index < -0.39 is 0 Å². The van der Waals surface area contributed by atoms with Gasteiger partial charge >= 0.3 is 0 Å². The number of hydrogen-bond donors (Lipinski definition) is 1. The van der Waals surface area contributed by atoms with E-state index in [2.05, 4.69) is 5.32 Å². The second kappa shape index (κ2) is 6.91. The molecule has 0 aliphatic rings. The second-order valence-corrected chi connectivity index (χ2v) is 5.13. The summed E-state index contributed by atoms with van der Waals surface area (Å²) < 4.78 is 12.4. The summed E-state index contributed by atoms with van der Waals surface area (Å²) in [7, 11) is 3.10. The fourth-order valence-corrected chi connectivity index (χ4v) is 2.47. The zero-order valence-corrected chi connectivity index (χ0v) is 13.5. The van der Waals surface area contributed by atoms with Gasteiger partial charge in [-0.05, 0) is 42.5 Å². The lowest BCUT2D eigenvalue weighted by Gasteiger charge is -2.13. The third-order valence-corrected chi connectivity index (χ3v) is 3.68. The lowest BCUT2D eigenvalue weighted by Crippen LogP contribution is -2.13. The third kappa shape index (κ3) is 3.10. The number of ether oxygens (including phenoxy) is 2. The minimum absolute atomic E-state index is 0.212. The summed E-state index contributed by atoms with van der Waals surface area (Å²) in [6.07, 6.45) is 3.86. The van der Waals surface area contributed by atoms with Crippen molar-refractivity contribution in [1.29, 1.82) is 0 Å². The van der Waals surface area contributed by atoms with Gasteiger partial charge in [-0.25, -0.2) is 0 Å². The van der Waals surface area contributed by atoms with E-state index in [1.54, 1.807) is 32.4 Å². The predicted octanol–water partition coefficient (Wildman–Crippen LogP) is 3.75. The zero-order valence-electron chi connectivity index (χ0n) is 13.5. The smallest absolute Gasteiger partial charge is 0.255 e. The molecule has 0 saturated carbocycles. The molecule has 0 bridgehead atoms. The van der Waals surface area contributed by atoms with Gasteiger partial charge in [-0.3, -0.25) is 4.79 Å². The zero-order chi connectivity index (χ0) is 16.9.